The van der Waals surface area contributed by atoms with Crippen molar-refractivity contribution < 1.29 is 14.7 Å². The summed E-state index contributed by atoms with van der Waals surface area (Å²) in [5, 5.41) is 15.8. The predicted molar refractivity (Wildman–Crippen MR) is 249 cm³/mol. The lowest BCUT2D eigenvalue weighted by atomic mass is 9.18. The molecule has 0 saturated carbocycles. The number of nitrogens with one attached hydrogen (secondary N) is 1. The molecule has 1 saturated heterocycles. The average Bonchev–Trinajstić information content (AvgIpc) is 2.90. The summed E-state index contributed by atoms with van der Waals surface area (Å²) in [5.41, 5.74) is -7.94. The minimum Gasteiger partial charge on any atom is -0.465 e. The number of amides is 2. The monoisotopic (exact) mass is 811 g/mol. The van der Waals surface area contributed by atoms with Gasteiger partial charge in [-0.05, 0) is 79.1 Å². The Hall–Kier alpha value is -1.95. The lowest BCUT2D eigenvalue weighted by Crippen LogP contribution is -3.01. The molecule has 1 aliphatic heterocycles. The Balaban J connectivity index is 4.24. The largest absolute Gasteiger partial charge is 0.465 e. The molecule has 2 rings (SSSR count). The number of carbonyl (C=O) groups excluding carboxylic acids is 1. The highest BCUT2D eigenvalue weighted by atomic mass is 32.2. The highest BCUT2D eigenvalue weighted by molar-refractivity contribution is 8.00. The molecule has 5 nitrogen and oxygen atoms in total. The molecule has 0 bridgehead atoms. The Bertz CT molecular complexity index is 1520. The first-order valence-corrected chi connectivity index (χ1v) is 22.3. The number of hydrogen-bond donors (Lipinski definition) is 2. The highest BCUT2D eigenvalue weighted by Crippen LogP contribution is 2.92. The molecule has 1 aliphatic rings. The second kappa shape index (κ2) is 14.1. The van der Waals surface area contributed by atoms with E-state index in [2.05, 4.69) is 216 Å². The molecule has 1 fully saturated rings. The number of piperidine rings is 1. The second-order valence-electron chi connectivity index (χ2n) is 26.8. The van der Waals surface area contributed by atoms with Crippen molar-refractivity contribution in [1.29, 1.82) is 0 Å². The summed E-state index contributed by atoms with van der Waals surface area (Å²) < 4.78 is -0.765. The third kappa shape index (κ3) is 6.33. The summed E-state index contributed by atoms with van der Waals surface area (Å²) in [4.78, 5) is 31.5. The van der Waals surface area contributed by atoms with E-state index < -0.39 is 81.5 Å². The van der Waals surface area contributed by atoms with Crippen LogP contribution in [0.5, 0.6) is 0 Å². The SMILES string of the molecule is C=CC(=O)Nc1ccc(SC2(C(C)(C)C)C(C(C)(C)C)(C(C)(C)C)C(C(C)(C)C)(C(C)(C)C)N(C(=O)O)C(C(C)(C)C)(C(C)(C)C)C2(C(C)(C)C)C(C)(C)C)cc1. The van der Waals surface area contributed by atoms with Crippen LogP contribution in [0.3, 0.4) is 0 Å². The zero-order valence-electron chi connectivity index (χ0n) is 42.2. The van der Waals surface area contributed by atoms with Crippen LogP contribution in [0.4, 0.5) is 10.5 Å². The van der Waals surface area contributed by atoms with Crippen LogP contribution in [0.2, 0.25) is 0 Å². The Morgan fingerprint density at radius 1 is 0.526 bits per heavy atom. The second-order valence-corrected chi connectivity index (χ2v) is 28.1. The summed E-state index contributed by atoms with van der Waals surface area (Å²) in [6.07, 6.45) is 0.447. The molecule has 0 spiro atoms. The van der Waals surface area contributed by atoms with Crippen molar-refractivity contribution in [3.63, 3.8) is 0 Å². The Kier molecular flexibility index (Phi) is 12.6. The summed E-state index contributed by atoms with van der Waals surface area (Å²) in [6, 6.07) is 8.38. The molecular formula is C51H90N2O3S. The third-order valence-corrected chi connectivity index (χ3v) is 16.5. The predicted octanol–water partition coefficient (Wildman–Crippen LogP) is 15.5. The first-order chi connectivity index (χ1) is 24.7. The third-order valence-electron chi connectivity index (χ3n) is 14.5. The molecule has 0 aliphatic carbocycles. The average molecular weight is 811 g/mol. The normalized spacial score (nSPS) is 20.5. The summed E-state index contributed by atoms with van der Waals surface area (Å²) in [7, 11) is 0. The van der Waals surface area contributed by atoms with Gasteiger partial charge in [-0.2, -0.15) is 0 Å². The molecule has 1 heterocycles. The number of anilines is 1. The molecule has 1 aromatic carbocycles. The van der Waals surface area contributed by atoms with Gasteiger partial charge in [-0.15, -0.1) is 11.8 Å². The standard InChI is InChI=1S/C51H90N2O3S/c1-29-36(54)52-34-30-32-35(33-31-34)57-51(46(26,27)28)47(38(2,3)4,39(5,6)7)49(42(14,15)16,43(17,18)19)53(37(55)56)50(44(20,21)22,45(23,24)25)48(51,40(8,9)10)41(11,12)13/h29-33H,1H2,2-28H3,(H,52,54)(H,55,56). The highest BCUT2D eigenvalue weighted by Gasteiger charge is 2.96. The van der Waals surface area contributed by atoms with E-state index in [-0.39, 0.29) is 5.91 Å². The lowest BCUT2D eigenvalue weighted by Gasteiger charge is -2.94. The van der Waals surface area contributed by atoms with Crippen molar-refractivity contribution in [1.82, 2.24) is 4.90 Å². The molecule has 1 aromatic rings. The maximum absolute atomic E-state index is 15.7. The fourth-order valence-corrected chi connectivity index (χ4v) is 19.2. The van der Waals surface area contributed by atoms with Gasteiger partial charge in [0.25, 0.3) is 0 Å². The van der Waals surface area contributed by atoms with Gasteiger partial charge in [0.1, 0.15) is 0 Å². The maximum Gasteiger partial charge on any atom is 0.408 e. The van der Waals surface area contributed by atoms with Crippen LogP contribution >= 0.6 is 11.8 Å². The van der Waals surface area contributed by atoms with Gasteiger partial charge in [0.05, 0.1) is 11.1 Å². The number of hydrogen-bond acceptors (Lipinski definition) is 3. The van der Waals surface area contributed by atoms with Crippen molar-refractivity contribution in [2.75, 3.05) is 5.32 Å². The zero-order valence-corrected chi connectivity index (χ0v) is 43.0. The van der Waals surface area contributed by atoms with Crippen LogP contribution in [-0.4, -0.2) is 37.8 Å². The number of rotatable bonds is 4. The van der Waals surface area contributed by atoms with Gasteiger partial charge in [0.2, 0.25) is 5.91 Å². The van der Waals surface area contributed by atoms with Crippen LogP contribution in [-0.2, 0) is 4.79 Å². The summed E-state index contributed by atoms with van der Waals surface area (Å²) in [6.45, 7) is 68.3. The summed E-state index contributed by atoms with van der Waals surface area (Å²) >= 11 is 2.00. The molecule has 328 valence electrons. The molecule has 6 heteroatoms. The molecule has 57 heavy (non-hydrogen) atoms. The van der Waals surface area contributed by atoms with Crippen molar-refractivity contribution in [3.8, 4) is 0 Å². The van der Waals surface area contributed by atoms with Gasteiger partial charge in [0.15, 0.2) is 0 Å². The molecule has 0 unspecified atom stereocenters. The molecule has 0 atom stereocenters. The molecule has 0 radical (unpaired) electrons. The van der Waals surface area contributed by atoms with Crippen LogP contribution in [0.15, 0.2) is 41.8 Å². The van der Waals surface area contributed by atoms with Gasteiger partial charge in [-0.25, -0.2) is 4.79 Å². The minimum absolute atomic E-state index is 0.248. The maximum atomic E-state index is 15.7. The summed E-state index contributed by atoms with van der Waals surface area (Å²) in [5.74, 6) is -0.248. The number of nitrogens with zero attached hydrogens (tertiary/aromatic N) is 1. The number of thioether (sulfide) groups is 1. The lowest BCUT2D eigenvalue weighted by molar-refractivity contribution is -0.417. The number of likely N-dealkylation sites (tertiary alicyclic amines) is 1. The Morgan fingerprint density at radius 3 is 1.00 bits per heavy atom. The first-order valence-electron chi connectivity index (χ1n) is 21.5. The van der Waals surface area contributed by atoms with E-state index in [9.17, 15) is 9.90 Å². The zero-order chi connectivity index (χ0) is 45.8. The Morgan fingerprint density at radius 2 is 0.807 bits per heavy atom. The van der Waals surface area contributed by atoms with Crippen LogP contribution < -0.4 is 5.32 Å². The van der Waals surface area contributed by atoms with Crippen LogP contribution in [0.1, 0.15) is 187 Å². The number of carboxylic acid groups (broad SMARTS) is 1. The van der Waals surface area contributed by atoms with E-state index in [4.69, 9.17) is 0 Å². The first kappa shape index (κ1) is 51.2. The topological polar surface area (TPSA) is 69.6 Å². The molecule has 2 amide bonds. The smallest absolute Gasteiger partial charge is 0.408 e. The molecule has 2 N–H and O–H groups in total. The van der Waals surface area contributed by atoms with Crippen molar-refractivity contribution >= 4 is 29.4 Å². The van der Waals surface area contributed by atoms with E-state index in [0.717, 1.165) is 4.90 Å². The molecule has 0 aromatic heterocycles. The van der Waals surface area contributed by atoms with Gasteiger partial charge < -0.3 is 10.4 Å². The van der Waals surface area contributed by atoms with E-state index in [1.54, 1.807) is 0 Å². The van der Waals surface area contributed by atoms with E-state index in [1.165, 1.54) is 6.08 Å². The van der Waals surface area contributed by atoms with Gasteiger partial charge in [-0.3, -0.25) is 9.69 Å². The van der Waals surface area contributed by atoms with Crippen molar-refractivity contribution in [2.24, 2.45) is 59.6 Å². The van der Waals surface area contributed by atoms with E-state index >= 15 is 4.79 Å². The van der Waals surface area contributed by atoms with E-state index in [1.807, 2.05) is 23.9 Å². The van der Waals surface area contributed by atoms with Crippen molar-refractivity contribution in [3.05, 3.63) is 36.9 Å². The van der Waals surface area contributed by atoms with Crippen molar-refractivity contribution in [2.45, 2.75) is 208 Å². The van der Waals surface area contributed by atoms with E-state index in [0.29, 0.717) is 5.69 Å². The quantitative estimate of drug-likeness (QED) is 0.297. The van der Waals surface area contributed by atoms with Crippen LogP contribution in [0.25, 0.3) is 0 Å². The minimum atomic E-state index is -1.03. The Labute approximate surface area is 357 Å². The molecular weight excluding hydrogens is 721 g/mol. The fourth-order valence-electron chi connectivity index (χ4n) is 16.4. The number of benzene rings is 1. The number of carbonyl (C=O) groups is 2. The van der Waals surface area contributed by atoms with Crippen LogP contribution in [0, 0.1) is 59.6 Å². The fraction of sp³-hybridized carbons (Fsp3) is 0.804. The van der Waals surface area contributed by atoms with Gasteiger partial charge >= 0.3 is 6.09 Å². The van der Waals surface area contributed by atoms with Gasteiger partial charge in [-0.1, -0.05) is 194 Å². The van der Waals surface area contributed by atoms with Gasteiger partial charge in [0, 0.05) is 26.2 Å².